The summed E-state index contributed by atoms with van der Waals surface area (Å²) in [5, 5.41) is 9.62. The number of hydrogen-bond acceptors (Lipinski definition) is 3. The van der Waals surface area contributed by atoms with Gasteiger partial charge in [0, 0.05) is 18.7 Å². The first kappa shape index (κ1) is 13.4. The molecule has 1 aromatic rings. The monoisotopic (exact) mass is 268 g/mol. The van der Waals surface area contributed by atoms with Crippen molar-refractivity contribution in [1.29, 1.82) is 0 Å². The molecule has 1 heterocycles. The smallest absolute Gasteiger partial charge is 0.123 e. The van der Waals surface area contributed by atoms with Gasteiger partial charge in [0.2, 0.25) is 0 Å². The summed E-state index contributed by atoms with van der Waals surface area (Å²) in [6.45, 7) is 2.10. The summed E-state index contributed by atoms with van der Waals surface area (Å²) in [6.07, 6.45) is 1.50. The number of rotatable bonds is 3. The highest BCUT2D eigenvalue weighted by Gasteiger charge is 2.19. The molecular formula is C13H17FN2OS. The van der Waals surface area contributed by atoms with Gasteiger partial charge in [0.1, 0.15) is 10.8 Å². The van der Waals surface area contributed by atoms with Crippen LogP contribution >= 0.6 is 12.2 Å². The number of halogens is 1. The molecule has 0 aliphatic carbocycles. The van der Waals surface area contributed by atoms with Gasteiger partial charge in [0.05, 0.1) is 6.10 Å². The second kappa shape index (κ2) is 5.73. The predicted octanol–water partition coefficient (Wildman–Crippen LogP) is 1.42. The average Bonchev–Trinajstić information content (AvgIpc) is 2.28. The van der Waals surface area contributed by atoms with Crippen molar-refractivity contribution < 1.29 is 9.50 Å². The zero-order valence-electron chi connectivity index (χ0n) is 10.1. The number of likely N-dealkylation sites (tertiary alicyclic amines) is 1. The second-order valence-electron chi connectivity index (χ2n) is 4.70. The van der Waals surface area contributed by atoms with Gasteiger partial charge in [-0.25, -0.2) is 4.39 Å². The molecule has 1 aliphatic heterocycles. The van der Waals surface area contributed by atoms with E-state index in [4.69, 9.17) is 18.0 Å². The maximum Gasteiger partial charge on any atom is 0.123 e. The quantitative estimate of drug-likeness (QED) is 0.814. The summed E-state index contributed by atoms with van der Waals surface area (Å²) in [7, 11) is 0. The lowest BCUT2D eigenvalue weighted by Gasteiger charge is -2.30. The van der Waals surface area contributed by atoms with Gasteiger partial charge in [-0.05, 0) is 43.1 Å². The summed E-state index contributed by atoms with van der Waals surface area (Å²) >= 11 is 4.97. The van der Waals surface area contributed by atoms with E-state index in [0.29, 0.717) is 18.7 Å². The number of thiocarbonyl (C=S) groups is 1. The van der Waals surface area contributed by atoms with Crippen molar-refractivity contribution in [1.82, 2.24) is 4.90 Å². The topological polar surface area (TPSA) is 49.5 Å². The molecule has 18 heavy (non-hydrogen) atoms. The molecule has 98 valence electrons. The summed E-state index contributed by atoms with van der Waals surface area (Å²) in [6, 6.07) is 4.45. The van der Waals surface area contributed by atoms with Crippen LogP contribution in [0.3, 0.4) is 0 Å². The summed E-state index contributed by atoms with van der Waals surface area (Å²) in [5.74, 6) is -0.289. The lowest BCUT2D eigenvalue weighted by atomic mass is 10.0. The lowest BCUT2D eigenvalue weighted by molar-refractivity contribution is 0.0668. The Kier molecular flexibility index (Phi) is 4.27. The minimum absolute atomic E-state index is 0.280. The Hall–Kier alpha value is -1.04. The summed E-state index contributed by atoms with van der Waals surface area (Å²) in [5.41, 5.74) is 7.14. The molecule has 2 rings (SSSR count). The van der Waals surface area contributed by atoms with Crippen LogP contribution in [-0.2, 0) is 6.54 Å². The normalized spacial score (nSPS) is 20.9. The number of nitrogens with two attached hydrogens (primary N) is 1. The Morgan fingerprint density at radius 3 is 3.00 bits per heavy atom. The number of β-amino-alcohol motifs (C(OH)–C–C–N with tert-alkyl or cyclic N) is 1. The first-order chi connectivity index (χ1) is 8.56. The molecule has 1 fully saturated rings. The van der Waals surface area contributed by atoms with E-state index in [2.05, 4.69) is 4.90 Å². The highest BCUT2D eigenvalue weighted by atomic mass is 32.1. The van der Waals surface area contributed by atoms with Crippen molar-refractivity contribution in [3.05, 3.63) is 35.1 Å². The number of aliphatic hydroxyl groups excluding tert-OH is 1. The van der Waals surface area contributed by atoms with Crippen LogP contribution in [0, 0.1) is 5.82 Å². The van der Waals surface area contributed by atoms with E-state index in [1.807, 2.05) is 0 Å². The van der Waals surface area contributed by atoms with Crippen LogP contribution in [0.4, 0.5) is 4.39 Å². The summed E-state index contributed by atoms with van der Waals surface area (Å²) in [4.78, 5) is 2.38. The van der Waals surface area contributed by atoms with Gasteiger partial charge in [0.15, 0.2) is 0 Å². The van der Waals surface area contributed by atoms with Crippen molar-refractivity contribution in [2.75, 3.05) is 13.1 Å². The molecule has 3 N–H and O–H groups in total. The predicted molar refractivity (Wildman–Crippen MR) is 72.8 cm³/mol. The van der Waals surface area contributed by atoms with E-state index >= 15 is 0 Å². The van der Waals surface area contributed by atoms with Crippen LogP contribution in [0.5, 0.6) is 0 Å². The standard InChI is InChI=1S/C13H17FN2OS/c14-10-3-4-12(13(15)18)9(6-10)7-16-5-1-2-11(17)8-16/h3-4,6,11,17H,1-2,5,7-8H2,(H2,15,18). The first-order valence-electron chi connectivity index (χ1n) is 6.05. The molecule has 3 nitrogen and oxygen atoms in total. The third-order valence-electron chi connectivity index (χ3n) is 3.21. The Morgan fingerprint density at radius 2 is 2.33 bits per heavy atom. The van der Waals surface area contributed by atoms with Crippen molar-refractivity contribution in [3.8, 4) is 0 Å². The first-order valence-corrected chi connectivity index (χ1v) is 6.45. The molecule has 0 amide bonds. The molecule has 0 aromatic heterocycles. The van der Waals surface area contributed by atoms with E-state index in [-0.39, 0.29) is 16.9 Å². The van der Waals surface area contributed by atoms with Crippen LogP contribution in [0.25, 0.3) is 0 Å². The highest BCUT2D eigenvalue weighted by Crippen LogP contribution is 2.17. The van der Waals surface area contributed by atoms with E-state index in [9.17, 15) is 9.50 Å². The summed E-state index contributed by atoms with van der Waals surface area (Å²) < 4.78 is 13.3. The van der Waals surface area contributed by atoms with Crippen LogP contribution < -0.4 is 5.73 Å². The van der Waals surface area contributed by atoms with Gasteiger partial charge in [-0.15, -0.1) is 0 Å². The maximum atomic E-state index is 13.3. The SMILES string of the molecule is NC(=S)c1ccc(F)cc1CN1CCCC(O)C1. The Labute approximate surface area is 111 Å². The van der Waals surface area contributed by atoms with Crippen molar-refractivity contribution in [2.24, 2.45) is 5.73 Å². The fourth-order valence-corrected chi connectivity index (χ4v) is 2.55. The van der Waals surface area contributed by atoms with E-state index < -0.39 is 0 Å². The Bertz CT molecular complexity index is 453. The van der Waals surface area contributed by atoms with E-state index in [1.54, 1.807) is 6.07 Å². The largest absolute Gasteiger partial charge is 0.392 e. The van der Waals surface area contributed by atoms with Crippen molar-refractivity contribution in [3.63, 3.8) is 0 Å². The number of aliphatic hydroxyl groups is 1. The van der Waals surface area contributed by atoms with E-state index in [1.165, 1.54) is 12.1 Å². The zero-order valence-corrected chi connectivity index (χ0v) is 10.9. The van der Waals surface area contributed by atoms with Crippen molar-refractivity contribution in [2.45, 2.75) is 25.5 Å². The third kappa shape index (κ3) is 3.25. The molecule has 0 radical (unpaired) electrons. The fraction of sp³-hybridized carbons (Fsp3) is 0.462. The molecule has 5 heteroatoms. The molecule has 1 aromatic carbocycles. The fourth-order valence-electron chi connectivity index (χ4n) is 2.35. The zero-order chi connectivity index (χ0) is 13.1. The van der Waals surface area contributed by atoms with Gasteiger partial charge in [-0.1, -0.05) is 12.2 Å². The third-order valence-corrected chi connectivity index (χ3v) is 3.43. The number of hydrogen-bond donors (Lipinski definition) is 2. The van der Waals surface area contributed by atoms with Crippen molar-refractivity contribution >= 4 is 17.2 Å². The van der Waals surface area contributed by atoms with Crippen LogP contribution in [-0.4, -0.2) is 34.2 Å². The molecular weight excluding hydrogens is 251 g/mol. The van der Waals surface area contributed by atoms with Crippen LogP contribution in [0.15, 0.2) is 18.2 Å². The van der Waals surface area contributed by atoms with Gasteiger partial charge >= 0.3 is 0 Å². The molecule has 0 saturated carbocycles. The molecule has 1 saturated heterocycles. The highest BCUT2D eigenvalue weighted by molar-refractivity contribution is 7.80. The Morgan fingerprint density at radius 1 is 1.56 bits per heavy atom. The molecule has 0 bridgehead atoms. The lowest BCUT2D eigenvalue weighted by Crippen LogP contribution is -2.38. The second-order valence-corrected chi connectivity index (χ2v) is 5.14. The number of piperidine rings is 1. The number of nitrogens with zero attached hydrogens (tertiary/aromatic N) is 1. The van der Waals surface area contributed by atoms with Gasteiger partial charge in [0.25, 0.3) is 0 Å². The van der Waals surface area contributed by atoms with Crippen LogP contribution in [0.2, 0.25) is 0 Å². The van der Waals surface area contributed by atoms with Gasteiger partial charge in [-0.3, -0.25) is 4.90 Å². The minimum Gasteiger partial charge on any atom is -0.392 e. The average molecular weight is 268 g/mol. The minimum atomic E-state index is -0.291. The molecule has 1 aliphatic rings. The number of benzene rings is 1. The van der Waals surface area contributed by atoms with Gasteiger partial charge < -0.3 is 10.8 Å². The van der Waals surface area contributed by atoms with Crippen LogP contribution in [0.1, 0.15) is 24.0 Å². The Balaban J connectivity index is 2.16. The maximum absolute atomic E-state index is 13.3. The van der Waals surface area contributed by atoms with E-state index in [0.717, 1.165) is 24.9 Å². The molecule has 0 spiro atoms. The molecule has 1 unspecified atom stereocenters. The van der Waals surface area contributed by atoms with Gasteiger partial charge in [-0.2, -0.15) is 0 Å². The molecule has 1 atom stereocenters.